The number of likely N-dealkylation sites (N-methyl/N-ethyl adjacent to an activating group) is 1. The standard InChI is InChI=1S/C23H31N3O3S/c1-3-4-11-23(27)24-21-18-19(26-15-8-14-25(2)16-17-26)12-13-22(21)30(28,29)20-9-6-5-7-10-20/h5-7,9-10,12-13,18H,3-4,8,11,14-17H2,1-2H3,(H,24,27). The van der Waals surface area contributed by atoms with E-state index in [9.17, 15) is 13.2 Å². The van der Waals surface area contributed by atoms with Crippen LogP contribution < -0.4 is 10.2 Å². The highest BCUT2D eigenvalue weighted by atomic mass is 32.2. The van der Waals surface area contributed by atoms with Crippen LogP contribution in [0.4, 0.5) is 11.4 Å². The molecule has 0 atom stereocenters. The largest absolute Gasteiger partial charge is 0.370 e. The number of unbranched alkanes of at least 4 members (excludes halogenated alkanes) is 1. The molecule has 2 aromatic carbocycles. The first kappa shape index (κ1) is 22.3. The lowest BCUT2D eigenvalue weighted by Crippen LogP contribution is -2.29. The fourth-order valence-corrected chi connectivity index (χ4v) is 5.04. The number of hydrogen-bond acceptors (Lipinski definition) is 5. The van der Waals surface area contributed by atoms with Gasteiger partial charge in [-0.1, -0.05) is 31.5 Å². The Morgan fingerprint density at radius 2 is 1.80 bits per heavy atom. The molecule has 0 aromatic heterocycles. The van der Waals surface area contributed by atoms with E-state index in [1.165, 1.54) is 0 Å². The van der Waals surface area contributed by atoms with E-state index in [2.05, 4.69) is 22.2 Å². The van der Waals surface area contributed by atoms with Crippen LogP contribution in [0.5, 0.6) is 0 Å². The predicted octanol–water partition coefficient (Wildman–Crippen LogP) is 3.79. The molecule has 0 aliphatic carbocycles. The molecule has 1 heterocycles. The third-order valence-electron chi connectivity index (χ3n) is 5.42. The number of nitrogens with one attached hydrogen (secondary N) is 1. The van der Waals surface area contributed by atoms with E-state index in [0.29, 0.717) is 12.1 Å². The molecule has 0 spiro atoms. The van der Waals surface area contributed by atoms with Crippen molar-refractivity contribution in [3.05, 3.63) is 48.5 Å². The zero-order valence-electron chi connectivity index (χ0n) is 17.8. The van der Waals surface area contributed by atoms with Crippen molar-refractivity contribution in [3.63, 3.8) is 0 Å². The van der Waals surface area contributed by atoms with Gasteiger partial charge in [-0.2, -0.15) is 0 Å². The SMILES string of the molecule is CCCCC(=O)Nc1cc(N2CCCN(C)CC2)ccc1S(=O)(=O)c1ccccc1. The summed E-state index contributed by atoms with van der Waals surface area (Å²) in [6.07, 6.45) is 3.09. The van der Waals surface area contributed by atoms with Gasteiger partial charge < -0.3 is 15.1 Å². The fraction of sp³-hybridized carbons (Fsp3) is 0.435. The predicted molar refractivity (Wildman–Crippen MR) is 121 cm³/mol. The van der Waals surface area contributed by atoms with Crippen LogP contribution in [-0.4, -0.2) is 52.5 Å². The Balaban J connectivity index is 1.98. The lowest BCUT2D eigenvalue weighted by molar-refractivity contribution is -0.116. The lowest BCUT2D eigenvalue weighted by Gasteiger charge is -2.24. The zero-order valence-corrected chi connectivity index (χ0v) is 18.6. The molecule has 0 radical (unpaired) electrons. The lowest BCUT2D eigenvalue weighted by atomic mass is 10.2. The van der Waals surface area contributed by atoms with Crippen LogP contribution in [0.25, 0.3) is 0 Å². The molecule has 30 heavy (non-hydrogen) atoms. The molecule has 1 amide bonds. The summed E-state index contributed by atoms with van der Waals surface area (Å²) in [5.41, 5.74) is 1.29. The van der Waals surface area contributed by atoms with Gasteiger partial charge in [0.2, 0.25) is 15.7 Å². The molecule has 0 saturated carbocycles. The van der Waals surface area contributed by atoms with Gasteiger partial charge in [0.15, 0.2) is 0 Å². The highest BCUT2D eigenvalue weighted by Crippen LogP contribution is 2.32. The van der Waals surface area contributed by atoms with Crippen LogP contribution in [-0.2, 0) is 14.6 Å². The number of amides is 1. The Kier molecular flexibility index (Phi) is 7.50. The van der Waals surface area contributed by atoms with Crippen molar-refractivity contribution < 1.29 is 13.2 Å². The molecule has 1 aliphatic heterocycles. The molecule has 6 nitrogen and oxygen atoms in total. The Bertz CT molecular complexity index is 961. The molecule has 162 valence electrons. The fourth-order valence-electron chi connectivity index (χ4n) is 3.63. The third kappa shape index (κ3) is 5.40. The second-order valence-electron chi connectivity index (χ2n) is 7.79. The first-order valence-electron chi connectivity index (χ1n) is 10.6. The Hall–Kier alpha value is -2.38. The quantitative estimate of drug-likeness (QED) is 0.725. The molecule has 0 bridgehead atoms. The van der Waals surface area contributed by atoms with Gasteiger partial charge in [0, 0.05) is 31.7 Å². The molecular weight excluding hydrogens is 398 g/mol. The number of anilines is 2. The molecule has 1 saturated heterocycles. The van der Waals surface area contributed by atoms with Gasteiger partial charge in [0.1, 0.15) is 0 Å². The zero-order chi connectivity index (χ0) is 21.6. The highest BCUT2D eigenvalue weighted by molar-refractivity contribution is 7.91. The Morgan fingerprint density at radius 1 is 1.03 bits per heavy atom. The van der Waals surface area contributed by atoms with Crippen LogP contribution in [0.3, 0.4) is 0 Å². The number of nitrogens with zero attached hydrogens (tertiary/aromatic N) is 2. The van der Waals surface area contributed by atoms with Crippen molar-refractivity contribution in [3.8, 4) is 0 Å². The molecule has 3 rings (SSSR count). The van der Waals surface area contributed by atoms with Crippen molar-refractivity contribution in [2.75, 3.05) is 43.4 Å². The van der Waals surface area contributed by atoms with E-state index in [-0.39, 0.29) is 15.7 Å². The normalized spacial score (nSPS) is 15.6. The van der Waals surface area contributed by atoms with Gasteiger partial charge in [-0.05, 0) is 56.8 Å². The summed E-state index contributed by atoms with van der Waals surface area (Å²) in [5.74, 6) is -0.158. The summed E-state index contributed by atoms with van der Waals surface area (Å²) in [6.45, 7) is 5.78. The Labute approximate surface area is 179 Å². The maximum absolute atomic E-state index is 13.3. The smallest absolute Gasteiger partial charge is 0.224 e. The maximum atomic E-state index is 13.3. The second-order valence-corrected chi connectivity index (χ2v) is 9.71. The monoisotopic (exact) mass is 429 g/mol. The number of carbonyl (C=O) groups excluding carboxylic acids is 1. The van der Waals surface area contributed by atoms with Crippen molar-refractivity contribution in [1.29, 1.82) is 0 Å². The molecule has 2 aromatic rings. The minimum absolute atomic E-state index is 0.134. The second kappa shape index (κ2) is 10.1. The molecule has 1 N–H and O–H groups in total. The van der Waals surface area contributed by atoms with Gasteiger partial charge in [-0.3, -0.25) is 4.79 Å². The third-order valence-corrected chi connectivity index (χ3v) is 7.25. The summed E-state index contributed by atoms with van der Waals surface area (Å²) in [6, 6.07) is 13.6. The van der Waals surface area contributed by atoms with E-state index in [0.717, 1.165) is 51.1 Å². The van der Waals surface area contributed by atoms with Crippen LogP contribution in [0.15, 0.2) is 58.3 Å². The number of carbonyl (C=O) groups is 1. The van der Waals surface area contributed by atoms with Gasteiger partial charge in [-0.25, -0.2) is 8.42 Å². The first-order valence-corrected chi connectivity index (χ1v) is 12.1. The van der Waals surface area contributed by atoms with Crippen molar-refractivity contribution in [1.82, 2.24) is 4.90 Å². The molecule has 0 unspecified atom stereocenters. The van der Waals surface area contributed by atoms with E-state index in [1.807, 2.05) is 19.1 Å². The van der Waals surface area contributed by atoms with Crippen LogP contribution in [0.2, 0.25) is 0 Å². The van der Waals surface area contributed by atoms with Crippen molar-refractivity contribution >= 4 is 27.1 Å². The van der Waals surface area contributed by atoms with Crippen molar-refractivity contribution in [2.45, 2.75) is 42.4 Å². The molecule has 1 fully saturated rings. The van der Waals surface area contributed by atoms with Crippen LogP contribution in [0.1, 0.15) is 32.6 Å². The number of benzene rings is 2. The highest BCUT2D eigenvalue weighted by Gasteiger charge is 2.24. The van der Waals surface area contributed by atoms with Crippen LogP contribution >= 0.6 is 0 Å². The summed E-state index contributed by atoms with van der Waals surface area (Å²) in [4.78, 5) is 17.3. The summed E-state index contributed by atoms with van der Waals surface area (Å²) in [5, 5.41) is 2.87. The molecular formula is C23H31N3O3S. The van der Waals surface area contributed by atoms with Gasteiger partial charge in [0.25, 0.3) is 0 Å². The van der Waals surface area contributed by atoms with E-state index >= 15 is 0 Å². The van der Waals surface area contributed by atoms with Crippen molar-refractivity contribution in [2.24, 2.45) is 0 Å². The summed E-state index contributed by atoms with van der Waals surface area (Å²) in [7, 11) is -1.63. The van der Waals surface area contributed by atoms with E-state index < -0.39 is 9.84 Å². The van der Waals surface area contributed by atoms with Gasteiger partial charge >= 0.3 is 0 Å². The topological polar surface area (TPSA) is 69.7 Å². The van der Waals surface area contributed by atoms with Gasteiger partial charge in [0.05, 0.1) is 15.5 Å². The molecule has 7 heteroatoms. The number of hydrogen-bond donors (Lipinski definition) is 1. The minimum atomic E-state index is -3.74. The minimum Gasteiger partial charge on any atom is -0.370 e. The summed E-state index contributed by atoms with van der Waals surface area (Å²) >= 11 is 0. The average molecular weight is 430 g/mol. The van der Waals surface area contributed by atoms with E-state index in [4.69, 9.17) is 0 Å². The van der Waals surface area contributed by atoms with Gasteiger partial charge in [-0.15, -0.1) is 0 Å². The Morgan fingerprint density at radius 3 is 2.53 bits per heavy atom. The summed E-state index contributed by atoms with van der Waals surface area (Å²) < 4.78 is 26.5. The maximum Gasteiger partial charge on any atom is 0.224 e. The molecule has 1 aliphatic rings. The van der Waals surface area contributed by atoms with Crippen LogP contribution in [0, 0.1) is 0 Å². The number of sulfone groups is 1. The number of rotatable bonds is 7. The van der Waals surface area contributed by atoms with E-state index in [1.54, 1.807) is 36.4 Å². The first-order chi connectivity index (χ1) is 14.4. The average Bonchev–Trinajstić information content (AvgIpc) is 2.97.